The predicted molar refractivity (Wildman–Crippen MR) is 120 cm³/mol. The third-order valence-corrected chi connectivity index (χ3v) is 6.83. The molecule has 5 nitrogen and oxygen atoms in total. The van der Waals surface area contributed by atoms with Gasteiger partial charge in [-0.2, -0.15) is 0 Å². The number of aromatic nitrogens is 2. The Balaban J connectivity index is 1.72. The van der Waals surface area contributed by atoms with E-state index >= 15 is 0 Å². The van der Waals surface area contributed by atoms with Gasteiger partial charge in [0, 0.05) is 12.6 Å². The van der Waals surface area contributed by atoms with Crippen LogP contribution in [0.25, 0.3) is 10.9 Å². The third kappa shape index (κ3) is 5.84. The largest absolute Gasteiger partial charge is 0.352 e. The number of hydrogen-bond acceptors (Lipinski definition) is 4. The molecule has 1 aromatic carbocycles. The Kier molecular flexibility index (Phi) is 8.16. The standard InChI is InChI=1S/C23H33N3O2S/c1-3-4-5-10-15-26-22(28)18-12-7-9-14-20(18)25-23(26)29-16-21(27)24-19-13-8-6-11-17(19)2/h7,9,12,14,17,19H,3-6,8,10-11,13,15-16H2,1-2H3,(H,24,27)/t17-,19+/m0/s1. The zero-order valence-corrected chi connectivity index (χ0v) is 18.5. The first-order valence-corrected chi connectivity index (χ1v) is 12.0. The van der Waals surface area contributed by atoms with Crippen LogP contribution < -0.4 is 10.9 Å². The second kappa shape index (κ2) is 10.8. The lowest BCUT2D eigenvalue weighted by Gasteiger charge is -2.29. The van der Waals surface area contributed by atoms with Crippen molar-refractivity contribution in [3.8, 4) is 0 Å². The molecule has 29 heavy (non-hydrogen) atoms. The number of rotatable bonds is 9. The fraction of sp³-hybridized carbons (Fsp3) is 0.609. The van der Waals surface area contributed by atoms with Gasteiger partial charge in [0.15, 0.2) is 5.16 Å². The molecule has 0 aliphatic heterocycles. The van der Waals surface area contributed by atoms with Crippen LogP contribution in [-0.2, 0) is 11.3 Å². The molecule has 1 aromatic heterocycles. The van der Waals surface area contributed by atoms with E-state index in [9.17, 15) is 9.59 Å². The number of carbonyl (C=O) groups excluding carboxylic acids is 1. The van der Waals surface area contributed by atoms with Crippen LogP contribution in [0.5, 0.6) is 0 Å². The Bertz CT molecular complexity index is 880. The van der Waals surface area contributed by atoms with Crippen molar-refractivity contribution in [2.75, 3.05) is 5.75 Å². The lowest BCUT2D eigenvalue weighted by Crippen LogP contribution is -2.42. The summed E-state index contributed by atoms with van der Waals surface area (Å²) in [6, 6.07) is 7.74. The summed E-state index contributed by atoms with van der Waals surface area (Å²) in [4.78, 5) is 30.3. The van der Waals surface area contributed by atoms with Crippen molar-refractivity contribution in [2.45, 2.75) is 83.0 Å². The number of para-hydroxylation sites is 1. The molecular weight excluding hydrogens is 382 g/mol. The van der Waals surface area contributed by atoms with Crippen molar-refractivity contribution in [3.05, 3.63) is 34.6 Å². The highest BCUT2D eigenvalue weighted by Crippen LogP contribution is 2.24. The van der Waals surface area contributed by atoms with Crippen molar-refractivity contribution in [1.29, 1.82) is 0 Å². The summed E-state index contributed by atoms with van der Waals surface area (Å²) in [6.07, 6.45) is 9.06. The summed E-state index contributed by atoms with van der Waals surface area (Å²) in [5.74, 6) is 0.866. The molecule has 1 saturated carbocycles. The summed E-state index contributed by atoms with van der Waals surface area (Å²) in [6.45, 7) is 5.05. The minimum atomic E-state index is -0.00379. The first kappa shape index (κ1) is 21.9. The van der Waals surface area contributed by atoms with Gasteiger partial charge in [-0.05, 0) is 37.3 Å². The Morgan fingerprint density at radius 2 is 2.00 bits per heavy atom. The van der Waals surface area contributed by atoms with Crippen LogP contribution in [-0.4, -0.2) is 27.3 Å². The summed E-state index contributed by atoms with van der Waals surface area (Å²) in [5, 5.41) is 4.49. The van der Waals surface area contributed by atoms with Crippen LogP contribution in [0.4, 0.5) is 0 Å². The van der Waals surface area contributed by atoms with Crippen LogP contribution in [0.3, 0.4) is 0 Å². The molecule has 0 unspecified atom stereocenters. The van der Waals surface area contributed by atoms with Crippen molar-refractivity contribution < 1.29 is 4.79 Å². The van der Waals surface area contributed by atoms with Gasteiger partial charge in [0.25, 0.3) is 5.56 Å². The molecule has 0 spiro atoms. The minimum absolute atomic E-state index is 0.00379. The molecule has 0 bridgehead atoms. The highest BCUT2D eigenvalue weighted by molar-refractivity contribution is 7.99. The van der Waals surface area contributed by atoms with Gasteiger partial charge < -0.3 is 5.32 Å². The monoisotopic (exact) mass is 415 g/mol. The van der Waals surface area contributed by atoms with Crippen LogP contribution >= 0.6 is 11.8 Å². The van der Waals surface area contributed by atoms with E-state index in [0.717, 1.165) is 25.7 Å². The third-order valence-electron chi connectivity index (χ3n) is 5.85. The van der Waals surface area contributed by atoms with Gasteiger partial charge in [-0.15, -0.1) is 0 Å². The predicted octanol–water partition coefficient (Wildman–Crippen LogP) is 4.76. The summed E-state index contributed by atoms with van der Waals surface area (Å²) in [7, 11) is 0. The van der Waals surface area contributed by atoms with Gasteiger partial charge in [-0.25, -0.2) is 4.98 Å². The van der Waals surface area contributed by atoms with E-state index in [1.807, 2.05) is 24.3 Å². The molecule has 6 heteroatoms. The minimum Gasteiger partial charge on any atom is -0.352 e. The van der Waals surface area contributed by atoms with Gasteiger partial charge in [0.05, 0.1) is 16.7 Å². The number of benzene rings is 1. The van der Waals surface area contributed by atoms with Gasteiger partial charge in [-0.3, -0.25) is 14.2 Å². The van der Waals surface area contributed by atoms with Crippen LogP contribution in [0.1, 0.15) is 65.2 Å². The quantitative estimate of drug-likeness (QED) is 0.364. The maximum Gasteiger partial charge on any atom is 0.262 e. The van der Waals surface area contributed by atoms with Crippen molar-refractivity contribution in [2.24, 2.45) is 5.92 Å². The molecule has 1 aliphatic rings. The van der Waals surface area contributed by atoms with Gasteiger partial charge in [0.2, 0.25) is 5.91 Å². The van der Waals surface area contributed by atoms with Crippen LogP contribution in [0.15, 0.2) is 34.2 Å². The number of fused-ring (bicyclic) bond motifs is 1. The maximum atomic E-state index is 13.0. The first-order valence-electron chi connectivity index (χ1n) is 11.0. The Labute approximate surface area is 177 Å². The number of unbranched alkanes of at least 4 members (excludes halogenated alkanes) is 3. The first-order chi connectivity index (χ1) is 14.1. The van der Waals surface area contributed by atoms with E-state index in [1.54, 1.807) is 4.57 Å². The Hall–Kier alpha value is -1.82. The molecule has 1 fully saturated rings. The smallest absolute Gasteiger partial charge is 0.262 e. The molecule has 158 valence electrons. The molecule has 1 amide bonds. The average Bonchev–Trinajstić information content (AvgIpc) is 2.73. The van der Waals surface area contributed by atoms with E-state index in [-0.39, 0.29) is 17.5 Å². The normalized spacial score (nSPS) is 19.4. The summed E-state index contributed by atoms with van der Waals surface area (Å²) in [5.41, 5.74) is 0.696. The zero-order chi connectivity index (χ0) is 20.6. The summed E-state index contributed by atoms with van der Waals surface area (Å²) >= 11 is 1.38. The highest BCUT2D eigenvalue weighted by Gasteiger charge is 2.23. The van der Waals surface area contributed by atoms with Crippen molar-refractivity contribution >= 4 is 28.6 Å². The number of hydrogen-bond donors (Lipinski definition) is 1. The number of thioether (sulfide) groups is 1. The van der Waals surface area contributed by atoms with Gasteiger partial charge in [0.1, 0.15) is 0 Å². The van der Waals surface area contributed by atoms with Gasteiger partial charge >= 0.3 is 0 Å². The molecule has 1 N–H and O–H groups in total. The molecule has 2 atom stereocenters. The lowest BCUT2D eigenvalue weighted by molar-refractivity contribution is -0.119. The van der Waals surface area contributed by atoms with E-state index in [1.165, 1.54) is 37.4 Å². The van der Waals surface area contributed by atoms with Crippen molar-refractivity contribution in [3.63, 3.8) is 0 Å². The molecule has 1 aliphatic carbocycles. The second-order valence-corrected chi connectivity index (χ2v) is 9.10. The average molecular weight is 416 g/mol. The van der Waals surface area contributed by atoms with Crippen LogP contribution in [0, 0.1) is 5.92 Å². The van der Waals surface area contributed by atoms with E-state index in [0.29, 0.717) is 34.3 Å². The number of nitrogens with one attached hydrogen (secondary N) is 1. The SMILES string of the molecule is CCCCCCn1c(SCC(=O)N[C@@H]2CCCC[C@@H]2C)nc2ccccc2c1=O. The maximum absolute atomic E-state index is 13.0. The molecule has 1 heterocycles. The van der Waals surface area contributed by atoms with Crippen molar-refractivity contribution in [1.82, 2.24) is 14.9 Å². The number of amides is 1. The lowest BCUT2D eigenvalue weighted by atomic mass is 9.86. The van der Waals surface area contributed by atoms with E-state index in [4.69, 9.17) is 4.98 Å². The van der Waals surface area contributed by atoms with E-state index in [2.05, 4.69) is 19.2 Å². The van der Waals surface area contributed by atoms with Gasteiger partial charge in [-0.1, -0.05) is 69.8 Å². The Morgan fingerprint density at radius 1 is 1.21 bits per heavy atom. The van der Waals surface area contributed by atoms with E-state index < -0.39 is 0 Å². The molecule has 3 rings (SSSR count). The Morgan fingerprint density at radius 3 is 2.79 bits per heavy atom. The molecule has 0 saturated heterocycles. The zero-order valence-electron chi connectivity index (χ0n) is 17.7. The fourth-order valence-corrected chi connectivity index (χ4v) is 4.90. The molecular formula is C23H33N3O2S. The summed E-state index contributed by atoms with van der Waals surface area (Å²) < 4.78 is 1.76. The molecule has 2 aromatic rings. The number of nitrogens with zero attached hydrogens (tertiary/aromatic N) is 2. The number of carbonyl (C=O) groups is 1. The highest BCUT2D eigenvalue weighted by atomic mass is 32.2. The topological polar surface area (TPSA) is 64.0 Å². The second-order valence-electron chi connectivity index (χ2n) is 8.15. The van der Waals surface area contributed by atoms with Crippen LogP contribution in [0.2, 0.25) is 0 Å². The molecule has 0 radical (unpaired) electrons. The fourth-order valence-electron chi connectivity index (χ4n) is 4.06.